The summed E-state index contributed by atoms with van der Waals surface area (Å²) in [6, 6.07) is 17.8. The number of hydrogen-bond donors (Lipinski definition) is 2. The number of unbranched alkanes of at least 4 members (excludes halogenated alkanes) is 8. The minimum atomic E-state index is 0.0815. The van der Waals surface area contributed by atoms with Gasteiger partial charge in [0.1, 0.15) is 11.5 Å². The van der Waals surface area contributed by atoms with Gasteiger partial charge in [-0.15, -0.1) is 0 Å². The number of phenolic OH excluding ortho intramolecular Hbond substituents is 1. The summed E-state index contributed by atoms with van der Waals surface area (Å²) < 4.78 is 5.95. The van der Waals surface area contributed by atoms with E-state index < -0.39 is 0 Å². The second kappa shape index (κ2) is 15.5. The second-order valence-electron chi connectivity index (χ2n) is 11.4. The van der Waals surface area contributed by atoms with Crippen LogP contribution >= 0.6 is 0 Å². The molecule has 0 aliphatic heterocycles. The Balaban J connectivity index is 1.47. The molecule has 0 atom stereocenters. The van der Waals surface area contributed by atoms with E-state index in [2.05, 4.69) is 52.0 Å². The third-order valence-electron chi connectivity index (χ3n) is 7.66. The maximum Gasteiger partial charge on any atom is 0.167 e. The molecule has 4 rings (SSSR count). The van der Waals surface area contributed by atoms with Crippen molar-refractivity contribution >= 4 is 0 Å². The molecular formula is C36H45N3O3. The SMILES string of the molecule is Cc1ccc(-c2nc(-c3ccc(C)cc3C)nc(-c3ccc(OCCCCCCCCCCCO)cc3O)n2)c(C)c1. The third kappa shape index (κ3) is 8.62. The number of nitrogens with zero attached hydrogens (tertiary/aromatic N) is 3. The molecule has 0 unspecified atom stereocenters. The van der Waals surface area contributed by atoms with Crippen molar-refractivity contribution in [1.29, 1.82) is 0 Å². The molecule has 6 nitrogen and oxygen atoms in total. The Kier molecular flexibility index (Phi) is 11.5. The van der Waals surface area contributed by atoms with Crippen LogP contribution in [-0.4, -0.2) is 38.4 Å². The van der Waals surface area contributed by atoms with Crippen molar-refractivity contribution in [3.05, 3.63) is 76.9 Å². The highest BCUT2D eigenvalue weighted by Gasteiger charge is 2.17. The predicted octanol–water partition coefficient (Wildman–Crippen LogP) is 8.69. The van der Waals surface area contributed by atoms with Gasteiger partial charge in [-0.25, -0.2) is 15.0 Å². The Hall–Kier alpha value is -3.77. The minimum absolute atomic E-state index is 0.0815. The Bertz CT molecular complexity index is 1400. The van der Waals surface area contributed by atoms with Crippen LogP contribution in [0.3, 0.4) is 0 Å². The first-order valence-corrected chi connectivity index (χ1v) is 15.3. The van der Waals surface area contributed by atoms with Crippen molar-refractivity contribution in [2.75, 3.05) is 13.2 Å². The molecule has 222 valence electrons. The summed E-state index contributed by atoms with van der Waals surface area (Å²) in [6.07, 6.45) is 10.3. The number of ether oxygens (including phenoxy) is 1. The van der Waals surface area contributed by atoms with Gasteiger partial charge in [0, 0.05) is 23.8 Å². The van der Waals surface area contributed by atoms with Crippen LogP contribution in [0.2, 0.25) is 0 Å². The molecule has 0 aliphatic carbocycles. The van der Waals surface area contributed by atoms with Crippen molar-refractivity contribution in [2.45, 2.75) is 85.5 Å². The molecule has 3 aromatic carbocycles. The summed E-state index contributed by atoms with van der Waals surface area (Å²) in [5, 5.41) is 19.9. The van der Waals surface area contributed by atoms with Crippen LogP contribution in [0, 0.1) is 27.7 Å². The van der Waals surface area contributed by atoms with E-state index in [0.29, 0.717) is 42.0 Å². The minimum Gasteiger partial charge on any atom is -0.507 e. The topological polar surface area (TPSA) is 88.4 Å². The van der Waals surface area contributed by atoms with Crippen LogP contribution in [0.1, 0.15) is 80.0 Å². The van der Waals surface area contributed by atoms with E-state index in [1.54, 1.807) is 6.07 Å². The van der Waals surface area contributed by atoms with E-state index >= 15 is 0 Å². The normalized spacial score (nSPS) is 11.2. The molecule has 1 heterocycles. The Morgan fingerprint density at radius 3 is 1.48 bits per heavy atom. The van der Waals surface area contributed by atoms with Gasteiger partial charge < -0.3 is 14.9 Å². The van der Waals surface area contributed by atoms with Crippen LogP contribution in [0.4, 0.5) is 0 Å². The van der Waals surface area contributed by atoms with Gasteiger partial charge in [-0.1, -0.05) is 92.5 Å². The third-order valence-corrected chi connectivity index (χ3v) is 7.66. The molecule has 0 fully saturated rings. The van der Waals surface area contributed by atoms with Gasteiger partial charge in [-0.3, -0.25) is 0 Å². The Labute approximate surface area is 250 Å². The van der Waals surface area contributed by atoms with E-state index in [1.807, 2.05) is 24.3 Å². The van der Waals surface area contributed by atoms with Gasteiger partial charge in [0.25, 0.3) is 0 Å². The van der Waals surface area contributed by atoms with Gasteiger partial charge in [0.2, 0.25) is 0 Å². The van der Waals surface area contributed by atoms with Crippen LogP contribution in [0.15, 0.2) is 54.6 Å². The maximum atomic E-state index is 11.0. The number of aryl methyl sites for hydroxylation is 4. The van der Waals surface area contributed by atoms with E-state index in [0.717, 1.165) is 47.9 Å². The van der Waals surface area contributed by atoms with Crippen molar-refractivity contribution in [2.24, 2.45) is 0 Å². The molecule has 0 amide bonds. The number of aromatic nitrogens is 3. The summed E-state index contributed by atoms with van der Waals surface area (Å²) in [5.41, 5.74) is 6.96. The van der Waals surface area contributed by atoms with Crippen molar-refractivity contribution in [3.8, 4) is 45.7 Å². The molecule has 0 aliphatic rings. The lowest BCUT2D eigenvalue weighted by Gasteiger charge is -2.13. The lowest BCUT2D eigenvalue weighted by Crippen LogP contribution is -2.02. The quantitative estimate of drug-likeness (QED) is 0.140. The zero-order chi connectivity index (χ0) is 29.9. The molecular weight excluding hydrogens is 522 g/mol. The summed E-state index contributed by atoms with van der Waals surface area (Å²) in [7, 11) is 0. The van der Waals surface area contributed by atoms with E-state index in [4.69, 9.17) is 24.8 Å². The largest absolute Gasteiger partial charge is 0.507 e. The highest BCUT2D eigenvalue weighted by atomic mass is 16.5. The average molecular weight is 568 g/mol. The fourth-order valence-corrected chi connectivity index (χ4v) is 5.30. The zero-order valence-corrected chi connectivity index (χ0v) is 25.6. The van der Waals surface area contributed by atoms with Crippen LogP contribution in [0.25, 0.3) is 34.2 Å². The molecule has 42 heavy (non-hydrogen) atoms. The smallest absolute Gasteiger partial charge is 0.167 e. The Morgan fingerprint density at radius 1 is 0.548 bits per heavy atom. The number of benzene rings is 3. The lowest BCUT2D eigenvalue weighted by molar-refractivity contribution is 0.282. The monoisotopic (exact) mass is 567 g/mol. The van der Waals surface area contributed by atoms with E-state index in [-0.39, 0.29) is 5.75 Å². The summed E-state index contributed by atoms with van der Waals surface area (Å²) in [5.74, 6) is 2.31. The van der Waals surface area contributed by atoms with Crippen molar-refractivity contribution < 1.29 is 14.9 Å². The van der Waals surface area contributed by atoms with Crippen LogP contribution in [0.5, 0.6) is 11.5 Å². The summed E-state index contributed by atoms with van der Waals surface area (Å²) >= 11 is 0. The van der Waals surface area contributed by atoms with Crippen molar-refractivity contribution in [3.63, 3.8) is 0 Å². The molecule has 0 saturated carbocycles. The average Bonchev–Trinajstić information content (AvgIpc) is 2.95. The first-order valence-electron chi connectivity index (χ1n) is 15.3. The zero-order valence-electron chi connectivity index (χ0n) is 25.6. The summed E-state index contributed by atoms with van der Waals surface area (Å²) in [6.45, 7) is 9.20. The molecule has 4 aromatic rings. The number of rotatable bonds is 15. The fourth-order valence-electron chi connectivity index (χ4n) is 5.30. The van der Waals surface area contributed by atoms with Gasteiger partial charge in [0.15, 0.2) is 17.5 Å². The molecule has 0 bridgehead atoms. The lowest BCUT2D eigenvalue weighted by atomic mass is 10.0. The molecule has 6 heteroatoms. The Morgan fingerprint density at radius 2 is 1.00 bits per heavy atom. The second-order valence-corrected chi connectivity index (χ2v) is 11.4. The maximum absolute atomic E-state index is 11.0. The number of aliphatic hydroxyl groups excluding tert-OH is 1. The van der Waals surface area contributed by atoms with Gasteiger partial charge in [-0.2, -0.15) is 0 Å². The van der Waals surface area contributed by atoms with Crippen LogP contribution in [-0.2, 0) is 0 Å². The number of aliphatic hydroxyl groups is 1. The first-order chi connectivity index (χ1) is 20.4. The number of phenols is 1. The van der Waals surface area contributed by atoms with Crippen LogP contribution < -0.4 is 4.74 Å². The predicted molar refractivity (Wildman–Crippen MR) is 171 cm³/mol. The van der Waals surface area contributed by atoms with Gasteiger partial charge in [-0.05, 0) is 63.8 Å². The highest BCUT2D eigenvalue weighted by molar-refractivity contribution is 5.72. The molecule has 2 N–H and O–H groups in total. The molecule has 1 aromatic heterocycles. The van der Waals surface area contributed by atoms with Gasteiger partial charge in [0.05, 0.1) is 12.2 Å². The molecule has 0 spiro atoms. The summed E-state index contributed by atoms with van der Waals surface area (Å²) in [4.78, 5) is 14.5. The van der Waals surface area contributed by atoms with E-state index in [9.17, 15) is 5.11 Å². The first kappa shape index (κ1) is 31.2. The van der Waals surface area contributed by atoms with E-state index in [1.165, 1.54) is 43.2 Å². The number of hydrogen-bond acceptors (Lipinski definition) is 6. The highest BCUT2D eigenvalue weighted by Crippen LogP contribution is 2.34. The molecule has 0 radical (unpaired) electrons. The standard InChI is InChI=1S/C36H45N3O3/c1-25-14-17-30(27(3)22-25)34-37-35(31-18-15-26(2)23-28(31)4)39-36(38-34)32-19-16-29(24-33(32)41)42-21-13-11-9-7-5-6-8-10-12-20-40/h14-19,22-24,40-41H,5-13,20-21H2,1-4H3. The van der Waals surface area contributed by atoms with Gasteiger partial charge >= 0.3 is 0 Å². The van der Waals surface area contributed by atoms with Crippen molar-refractivity contribution in [1.82, 2.24) is 15.0 Å². The molecule has 0 saturated heterocycles. The fraction of sp³-hybridized carbons (Fsp3) is 0.417. The number of aromatic hydroxyl groups is 1.